The lowest BCUT2D eigenvalue weighted by Gasteiger charge is -2.22. The third-order valence-corrected chi connectivity index (χ3v) is 5.65. The highest BCUT2D eigenvalue weighted by Crippen LogP contribution is 2.30. The van der Waals surface area contributed by atoms with Crippen LogP contribution in [-0.4, -0.2) is 64.5 Å². The highest BCUT2D eigenvalue weighted by molar-refractivity contribution is 8.00. The number of thiophene rings is 1. The van der Waals surface area contributed by atoms with Gasteiger partial charge in [-0.05, 0) is 13.0 Å². The Morgan fingerprint density at radius 1 is 1.57 bits per heavy atom. The standard InChI is InChI=1S/C15H19N3O3S2/c1-10-4-12-14(16-9-17-15(12)23-10)22-8-13(20)18-2-3-21-7-11(5-18)6-19/h4,9,11,19H,2-3,5-8H2,1H3/t11-/m0/s1. The van der Waals surface area contributed by atoms with Crippen LogP contribution < -0.4 is 0 Å². The van der Waals surface area contributed by atoms with Gasteiger partial charge in [0.25, 0.3) is 0 Å². The van der Waals surface area contributed by atoms with E-state index in [1.807, 2.05) is 6.92 Å². The first-order valence-electron chi connectivity index (χ1n) is 7.47. The topological polar surface area (TPSA) is 75.6 Å². The van der Waals surface area contributed by atoms with Crippen molar-refractivity contribution in [2.75, 3.05) is 38.7 Å². The van der Waals surface area contributed by atoms with Crippen molar-refractivity contribution >= 4 is 39.2 Å². The van der Waals surface area contributed by atoms with Crippen molar-refractivity contribution in [2.45, 2.75) is 11.9 Å². The molecule has 1 atom stereocenters. The number of carbonyl (C=O) groups is 1. The number of aryl methyl sites for hydroxylation is 1. The summed E-state index contributed by atoms with van der Waals surface area (Å²) in [6.45, 7) is 4.23. The van der Waals surface area contributed by atoms with Crippen LogP contribution in [0, 0.1) is 12.8 Å². The Morgan fingerprint density at radius 3 is 3.26 bits per heavy atom. The molecule has 0 saturated carbocycles. The van der Waals surface area contributed by atoms with E-state index >= 15 is 0 Å². The number of thioether (sulfide) groups is 1. The van der Waals surface area contributed by atoms with Gasteiger partial charge in [-0.15, -0.1) is 11.3 Å². The molecule has 2 aromatic heterocycles. The van der Waals surface area contributed by atoms with Crippen LogP contribution in [0.5, 0.6) is 0 Å². The van der Waals surface area contributed by atoms with Crippen molar-refractivity contribution in [2.24, 2.45) is 5.92 Å². The zero-order chi connectivity index (χ0) is 16.2. The number of ether oxygens (including phenoxy) is 1. The molecule has 0 bridgehead atoms. The number of rotatable bonds is 4. The Hall–Kier alpha value is -1.22. The largest absolute Gasteiger partial charge is 0.396 e. The van der Waals surface area contributed by atoms with Crippen LogP contribution in [0.4, 0.5) is 0 Å². The molecule has 1 fully saturated rings. The molecule has 3 rings (SSSR count). The van der Waals surface area contributed by atoms with Crippen LogP contribution in [-0.2, 0) is 9.53 Å². The molecule has 0 aliphatic carbocycles. The van der Waals surface area contributed by atoms with Crippen LogP contribution in [0.1, 0.15) is 4.88 Å². The van der Waals surface area contributed by atoms with E-state index in [2.05, 4.69) is 16.0 Å². The van der Waals surface area contributed by atoms with Crippen LogP contribution in [0.2, 0.25) is 0 Å². The third-order valence-electron chi connectivity index (χ3n) is 3.70. The minimum Gasteiger partial charge on any atom is -0.396 e. The summed E-state index contributed by atoms with van der Waals surface area (Å²) < 4.78 is 5.42. The smallest absolute Gasteiger partial charge is 0.233 e. The quantitative estimate of drug-likeness (QED) is 0.664. The molecule has 0 radical (unpaired) electrons. The second-order valence-electron chi connectivity index (χ2n) is 5.51. The molecule has 1 N–H and O–H groups in total. The van der Waals surface area contributed by atoms with E-state index in [0.29, 0.717) is 32.1 Å². The molecule has 1 saturated heterocycles. The summed E-state index contributed by atoms with van der Waals surface area (Å²) >= 11 is 3.07. The van der Waals surface area contributed by atoms with Crippen molar-refractivity contribution in [1.29, 1.82) is 0 Å². The molecule has 6 nitrogen and oxygen atoms in total. The van der Waals surface area contributed by atoms with Crippen LogP contribution >= 0.6 is 23.1 Å². The molecule has 3 heterocycles. The van der Waals surface area contributed by atoms with Crippen LogP contribution in [0.25, 0.3) is 10.2 Å². The molecule has 1 aliphatic rings. The van der Waals surface area contributed by atoms with Crippen molar-refractivity contribution in [3.8, 4) is 0 Å². The van der Waals surface area contributed by atoms with Gasteiger partial charge in [0.2, 0.25) is 5.91 Å². The van der Waals surface area contributed by atoms with Gasteiger partial charge in [0.05, 0.1) is 19.0 Å². The summed E-state index contributed by atoms with van der Waals surface area (Å²) in [5.74, 6) is 0.383. The predicted molar refractivity (Wildman–Crippen MR) is 90.9 cm³/mol. The van der Waals surface area contributed by atoms with E-state index in [9.17, 15) is 9.90 Å². The molecule has 8 heteroatoms. The number of aliphatic hydroxyl groups excluding tert-OH is 1. The second kappa shape index (κ2) is 7.57. The minimum atomic E-state index is -0.00303. The zero-order valence-electron chi connectivity index (χ0n) is 12.9. The number of fused-ring (bicyclic) bond motifs is 1. The highest BCUT2D eigenvalue weighted by Gasteiger charge is 2.22. The van der Waals surface area contributed by atoms with E-state index in [4.69, 9.17) is 4.74 Å². The number of carbonyl (C=O) groups excluding carboxylic acids is 1. The first-order chi connectivity index (χ1) is 11.2. The Labute approximate surface area is 142 Å². The van der Waals surface area contributed by atoms with Crippen molar-refractivity contribution in [3.63, 3.8) is 0 Å². The molecule has 124 valence electrons. The Bertz CT molecular complexity index is 692. The van der Waals surface area contributed by atoms with E-state index in [1.165, 1.54) is 16.6 Å². The van der Waals surface area contributed by atoms with E-state index in [-0.39, 0.29) is 18.4 Å². The molecule has 23 heavy (non-hydrogen) atoms. The predicted octanol–water partition coefficient (Wildman–Crippen LogP) is 1.56. The third kappa shape index (κ3) is 4.00. The fourth-order valence-electron chi connectivity index (χ4n) is 2.51. The number of nitrogens with zero attached hydrogens (tertiary/aromatic N) is 3. The van der Waals surface area contributed by atoms with Gasteiger partial charge in [0.15, 0.2) is 0 Å². The first kappa shape index (κ1) is 16.6. The van der Waals surface area contributed by atoms with Gasteiger partial charge in [0.1, 0.15) is 16.2 Å². The number of aliphatic hydroxyl groups is 1. The van der Waals surface area contributed by atoms with E-state index in [1.54, 1.807) is 22.6 Å². The summed E-state index contributed by atoms with van der Waals surface area (Å²) in [6.07, 6.45) is 1.55. The maximum Gasteiger partial charge on any atom is 0.233 e. The Kier molecular flexibility index (Phi) is 5.47. The second-order valence-corrected chi connectivity index (χ2v) is 7.71. The normalized spacial score (nSPS) is 19.0. The van der Waals surface area contributed by atoms with Gasteiger partial charge in [-0.25, -0.2) is 9.97 Å². The summed E-state index contributed by atoms with van der Waals surface area (Å²) in [6, 6.07) is 2.06. The first-order valence-corrected chi connectivity index (χ1v) is 9.28. The van der Waals surface area contributed by atoms with Crippen LogP contribution in [0.15, 0.2) is 17.4 Å². The molecule has 0 spiro atoms. The number of hydrogen-bond donors (Lipinski definition) is 1. The Balaban J connectivity index is 1.65. The lowest BCUT2D eigenvalue weighted by Crippen LogP contribution is -2.37. The van der Waals surface area contributed by atoms with Crippen molar-refractivity contribution in [3.05, 3.63) is 17.3 Å². The number of amides is 1. The molecular weight excluding hydrogens is 334 g/mol. The Morgan fingerprint density at radius 2 is 2.43 bits per heavy atom. The minimum absolute atomic E-state index is 0.00303. The zero-order valence-corrected chi connectivity index (χ0v) is 14.5. The summed E-state index contributed by atoms with van der Waals surface area (Å²) in [4.78, 5) is 24.9. The average molecular weight is 353 g/mol. The van der Waals surface area contributed by atoms with E-state index in [0.717, 1.165) is 15.2 Å². The fourth-order valence-corrected chi connectivity index (χ4v) is 4.30. The molecule has 1 aliphatic heterocycles. The summed E-state index contributed by atoms with van der Waals surface area (Å²) in [7, 11) is 0. The molecular formula is C15H19N3O3S2. The summed E-state index contributed by atoms with van der Waals surface area (Å²) in [5, 5.41) is 11.2. The van der Waals surface area contributed by atoms with Crippen molar-refractivity contribution in [1.82, 2.24) is 14.9 Å². The SMILES string of the molecule is Cc1cc2c(SCC(=O)N3CCOC[C@H](CO)C3)ncnc2s1. The lowest BCUT2D eigenvalue weighted by atomic mass is 10.1. The van der Waals surface area contributed by atoms with E-state index < -0.39 is 0 Å². The molecule has 1 amide bonds. The fraction of sp³-hybridized carbons (Fsp3) is 0.533. The van der Waals surface area contributed by atoms with Gasteiger partial charge >= 0.3 is 0 Å². The number of hydrogen-bond acceptors (Lipinski definition) is 7. The van der Waals surface area contributed by atoms with Crippen LogP contribution in [0.3, 0.4) is 0 Å². The maximum absolute atomic E-state index is 12.5. The monoisotopic (exact) mass is 353 g/mol. The van der Waals surface area contributed by atoms with Gasteiger partial charge in [0, 0.05) is 35.9 Å². The summed E-state index contributed by atoms with van der Waals surface area (Å²) in [5.41, 5.74) is 0. The van der Waals surface area contributed by atoms with Gasteiger partial charge < -0.3 is 14.7 Å². The van der Waals surface area contributed by atoms with Crippen molar-refractivity contribution < 1.29 is 14.6 Å². The maximum atomic E-state index is 12.5. The lowest BCUT2D eigenvalue weighted by molar-refractivity contribution is -0.128. The molecule has 2 aromatic rings. The highest BCUT2D eigenvalue weighted by atomic mass is 32.2. The number of aromatic nitrogens is 2. The molecule has 0 aromatic carbocycles. The average Bonchev–Trinajstić information content (AvgIpc) is 2.79. The van der Waals surface area contributed by atoms with Gasteiger partial charge in [-0.3, -0.25) is 4.79 Å². The van der Waals surface area contributed by atoms with Gasteiger partial charge in [-0.1, -0.05) is 11.8 Å². The molecule has 0 unspecified atom stereocenters. The van der Waals surface area contributed by atoms with Gasteiger partial charge in [-0.2, -0.15) is 0 Å².